The third-order valence-corrected chi connectivity index (χ3v) is 4.86. The molecule has 0 fully saturated rings. The molecule has 0 spiro atoms. The summed E-state index contributed by atoms with van der Waals surface area (Å²) in [5.41, 5.74) is 4.02. The third-order valence-electron chi connectivity index (χ3n) is 4.86. The highest BCUT2D eigenvalue weighted by atomic mass is 16.5. The van der Waals surface area contributed by atoms with E-state index >= 15 is 0 Å². The van der Waals surface area contributed by atoms with Gasteiger partial charge in [-0.25, -0.2) is 4.79 Å². The molecule has 1 aliphatic heterocycles. The lowest BCUT2D eigenvalue weighted by Crippen LogP contribution is -2.27. The molecule has 2 heterocycles. The minimum atomic E-state index is -0.991. The molecule has 1 unspecified atom stereocenters. The average molecular weight is 392 g/mol. The Kier molecular flexibility index (Phi) is 4.58. The number of anilines is 1. The Bertz CT molecular complexity index is 1160. The molecule has 148 valence electrons. The molecule has 7 heteroatoms. The van der Waals surface area contributed by atoms with Gasteiger partial charge in [0.1, 0.15) is 11.4 Å². The predicted molar refractivity (Wildman–Crippen MR) is 108 cm³/mol. The summed E-state index contributed by atoms with van der Waals surface area (Å²) in [7, 11) is 0. The molecule has 1 amide bonds. The van der Waals surface area contributed by atoms with Gasteiger partial charge in [0.05, 0.1) is 5.69 Å². The van der Waals surface area contributed by atoms with Crippen LogP contribution in [-0.2, 0) is 9.53 Å². The molecule has 1 aromatic heterocycles. The fraction of sp³-hybridized carbons (Fsp3) is 0.227. The van der Waals surface area contributed by atoms with Gasteiger partial charge in [-0.3, -0.25) is 9.59 Å². The number of Topliss-reactive ketones (excluding diaryl/α,β-unsaturated/α-hetero) is 1. The van der Waals surface area contributed by atoms with Crippen molar-refractivity contribution in [1.82, 2.24) is 4.98 Å². The van der Waals surface area contributed by atoms with Crippen molar-refractivity contribution in [2.75, 3.05) is 11.9 Å². The molecule has 4 rings (SSSR count). The maximum atomic E-state index is 12.7. The first-order valence-corrected chi connectivity index (χ1v) is 9.23. The highest BCUT2D eigenvalue weighted by Gasteiger charge is 2.24. The number of ketones is 1. The molecule has 0 aliphatic carbocycles. The zero-order valence-corrected chi connectivity index (χ0v) is 16.3. The van der Waals surface area contributed by atoms with Gasteiger partial charge in [0.25, 0.3) is 5.91 Å². The lowest BCUT2D eigenvalue weighted by molar-refractivity contribution is -0.118. The number of carbonyl (C=O) groups is 3. The molecule has 2 N–H and O–H groups in total. The van der Waals surface area contributed by atoms with E-state index in [-0.39, 0.29) is 18.3 Å². The van der Waals surface area contributed by atoms with Crippen LogP contribution in [0.3, 0.4) is 0 Å². The number of fused-ring (bicyclic) bond motifs is 2. The van der Waals surface area contributed by atoms with Gasteiger partial charge in [-0.1, -0.05) is 6.07 Å². The van der Waals surface area contributed by atoms with Gasteiger partial charge >= 0.3 is 5.97 Å². The van der Waals surface area contributed by atoms with E-state index in [2.05, 4.69) is 10.3 Å². The molecule has 1 atom stereocenters. The van der Waals surface area contributed by atoms with Crippen LogP contribution < -0.4 is 10.1 Å². The van der Waals surface area contributed by atoms with Gasteiger partial charge in [0, 0.05) is 16.5 Å². The lowest BCUT2D eigenvalue weighted by Gasteiger charge is -2.19. The number of benzene rings is 2. The third kappa shape index (κ3) is 3.59. The Hall–Kier alpha value is -3.61. The van der Waals surface area contributed by atoms with Crippen LogP contribution in [0, 0.1) is 13.8 Å². The second-order valence-corrected chi connectivity index (χ2v) is 7.19. The second kappa shape index (κ2) is 7.09. The Morgan fingerprint density at radius 3 is 2.72 bits per heavy atom. The molecule has 7 nitrogen and oxygen atoms in total. The number of aromatic nitrogens is 1. The summed E-state index contributed by atoms with van der Waals surface area (Å²) in [6, 6.07) is 10.4. The zero-order valence-electron chi connectivity index (χ0n) is 16.3. The van der Waals surface area contributed by atoms with Crippen molar-refractivity contribution in [3.8, 4) is 5.75 Å². The number of nitrogens with one attached hydrogen (secondary N) is 2. The Labute approximate surface area is 167 Å². The molecule has 29 heavy (non-hydrogen) atoms. The summed E-state index contributed by atoms with van der Waals surface area (Å²) < 4.78 is 10.7. The molecule has 1 aliphatic rings. The molecular formula is C22H20N2O5. The number of H-pyrrole nitrogens is 1. The molecule has 0 saturated carbocycles. The Morgan fingerprint density at radius 2 is 1.93 bits per heavy atom. The largest absolute Gasteiger partial charge is 0.482 e. The minimum Gasteiger partial charge on any atom is -0.482 e. The van der Waals surface area contributed by atoms with Crippen LogP contribution in [0.2, 0.25) is 0 Å². The predicted octanol–water partition coefficient (Wildman–Crippen LogP) is 3.54. The standard InChI is InChI=1S/C22H20N2O5/c1-11-6-12(2)15-9-18(23-16(15)7-11)22(27)29-13(3)21(26)14-4-5-19-17(8-14)24-20(25)10-28-19/h4-9,13,23H,10H2,1-3H3,(H,24,25). The molecule has 2 aromatic carbocycles. The van der Waals surface area contributed by atoms with Crippen molar-refractivity contribution in [3.05, 3.63) is 58.8 Å². The fourth-order valence-electron chi connectivity index (χ4n) is 3.46. The summed E-state index contributed by atoms with van der Waals surface area (Å²) in [6.45, 7) is 5.42. The highest BCUT2D eigenvalue weighted by molar-refractivity contribution is 6.04. The van der Waals surface area contributed by atoms with Gasteiger partial charge in [-0.05, 0) is 62.2 Å². The van der Waals surface area contributed by atoms with Crippen molar-refractivity contribution in [1.29, 1.82) is 0 Å². The van der Waals surface area contributed by atoms with Crippen LogP contribution in [0.4, 0.5) is 5.69 Å². The van der Waals surface area contributed by atoms with Gasteiger partial charge in [-0.15, -0.1) is 0 Å². The minimum absolute atomic E-state index is 0.0577. The molecule has 0 saturated heterocycles. The van der Waals surface area contributed by atoms with Crippen LogP contribution in [0.15, 0.2) is 36.4 Å². The van der Waals surface area contributed by atoms with Crippen molar-refractivity contribution in [2.45, 2.75) is 26.9 Å². The Morgan fingerprint density at radius 1 is 1.14 bits per heavy atom. The van der Waals surface area contributed by atoms with Gasteiger partial charge in [-0.2, -0.15) is 0 Å². The number of esters is 1. The molecule has 0 radical (unpaired) electrons. The van der Waals surface area contributed by atoms with Crippen LogP contribution in [0.25, 0.3) is 10.9 Å². The van der Waals surface area contributed by atoms with E-state index in [0.29, 0.717) is 22.7 Å². The molecular weight excluding hydrogens is 372 g/mol. The zero-order chi connectivity index (χ0) is 20.7. The summed E-state index contributed by atoms with van der Waals surface area (Å²) in [5.74, 6) is -0.765. The van der Waals surface area contributed by atoms with Gasteiger partial charge in [0.15, 0.2) is 12.7 Å². The average Bonchev–Trinajstić information content (AvgIpc) is 3.11. The maximum Gasteiger partial charge on any atom is 0.355 e. The van der Waals surface area contributed by atoms with Crippen molar-refractivity contribution >= 4 is 34.3 Å². The summed E-state index contributed by atoms with van der Waals surface area (Å²) >= 11 is 0. The van der Waals surface area contributed by atoms with E-state index < -0.39 is 12.1 Å². The van der Waals surface area contributed by atoms with E-state index in [1.54, 1.807) is 18.2 Å². The Balaban J connectivity index is 1.51. The monoisotopic (exact) mass is 392 g/mol. The van der Waals surface area contributed by atoms with Crippen molar-refractivity contribution < 1.29 is 23.9 Å². The summed E-state index contributed by atoms with van der Waals surface area (Å²) in [6.07, 6.45) is -0.991. The maximum absolute atomic E-state index is 12.7. The van der Waals surface area contributed by atoms with Crippen LogP contribution >= 0.6 is 0 Å². The number of rotatable bonds is 4. The fourth-order valence-corrected chi connectivity index (χ4v) is 3.46. The molecule has 0 bridgehead atoms. The number of ether oxygens (including phenoxy) is 2. The van der Waals surface area contributed by atoms with Crippen LogP contribution in [0.1, 0.15) is 38.9 Å². The first-order valence-electron chi connectivity index (χ1n) is 9.23. The SMILES string of the molecule is Cc1cc(C)c2cc(C(=O)OC(C)C(=O)c3ccc4c(c3)NC(=O)CO4)[nH]c2c1. The van der Waals surface area contributed by atoms with Gasteiger partial charge < -0.3 is 19.8 Å². The second-order valence-electron chi connectivity index (χ2n) is 7.19. The van der Waals surface area contributed by atoms with E-state index in [1.807, 2.05) is 26.0 Å². The summed E-state index contributed by atoms with van der Waals surface area (Å²) in [5, 5.41) is 3.59. The number of hydrogen-bond acceptors (Lipinski definition) is 5. The van der Waals surface area contributed by atoms with Gasteiger partial charge in [0.2, 0.25) is 5.78 Å². The first-order chi connectivity index (χ1) is 13.8. The molecule has 3 aromatic rings. The number of carbonyl (C=O) groups excluding carboxylic acids is 3. The van der Waals surface area contributed by atoms with E-state index in [1.165, 1.54) is 13.0 Å². The number of aromatic amines is 1. The topological polar surface area (TPSA) is 97.5 Å². The normalized spacial score (nSPS) is 14.0. The first kappa shape index (κ1) is 18.7. The number of hydrogen-bond donors (Lipinski definition) is 2. The van der Waals surface area contributed by atoms with E-state index in [9.17, 15) is 14.4 Å². The van der Waals surface area contributed by atoms with E-state index in [0.717, 1.165) is 22.0 Å². The summed E-state index contributed by atoms with van der Waals surface area (Å²) in [4.78, 5) is 39.8. The smallest absolute Gasteiger partial charge is 0.355 e. The van der Waals surface area contributed by atoms with Crippen molar-refractivity contribution in [3.63, 3.8) is 0 Å². The highest BCUT2D eigenvalue weighted by Crippen LogP contribution is 2.29. The quantitative estimate of drug-likeness (QED) is 0.523. The van der Waals surface area contributed by atoms with E-state index in [4.69, 9.17) is 9.47 Å². The van der Waals surface area contributed by atoms with Crippen LogP contribution in [0.5, 0.6) is 5.75 Å². The number of aryl methyl sites for hydroxylation is 2. The van der Waals surface area contributed by atoms with Crippen molar-refractivity contribution in [2.24, 2.45) is 0 Å². The van der Waals surface area contributed by atoms with Crippen LogP contribution in [-0.4, -0.2) is 35.4 Å². The lowest BCUT2D eigenvalue weighted by atomic mass is 10.1. The number of amides is 1.